The molecular weight excluding hydrogens is 453 g/mol. The molecule has 0 bridgehead atoms. The van der Waals surface area contributed by atoms with E-state index in [1.807, 2.05) is 31.2 Å². The lowest BCUT2D eigenvalue weighted by Gasteiger charge is -2.19. The molecule has 0 radical (unpaired) electrons. The Morgan fingerprint density at radius 2 is 1.90 bits per heavy atom. The van der Waals surface area contributed by atoms with E-state index in [2.05, 4.69) is 15.5 Å². The molecule has 0 saturated carbocycles. The highest BCUT2D eigenvalue weighted by molar-refractivity contribution is 7.98. The lowest BCUT2D eigenvalue weighted by Crippen LogP contribution is -2.27. The Balaban J connectivity index is 1.80. The topological polar surface area (TPSA) is 85.8 Å². The van der Waals surface area contributed by atoms with E-state index in [4.69, 9.17) is 40.5 Å². The van der Waals surface area contributed by atoms with Crippen LogP contribution in [0.15, 0.2) is 47.6 Å². The van der Waals surface area contributed by atoms with Crippen LogP contribution in [0.5, 0.6) is 0 Å². The van der Waals surface area contributed by atoms with E-state index < -0.39 is 6.04 Å². The second-order valence-corrected chi connectivity index (χ2v) is 8.30. The molecule has 3 rings (SSSR count). The minimum Gasteiger partial charge on any atom is -0.368 e. The highest BCUT2D eigenvalue weighted by Gasteiger charge is 2.25. The summed E-state index contributed by atoms with van der Waals surface area (Å²) in [6.07, 6.45) is 0.495. The average Bonchev–Trinajstić information content (AvgIpc) is 3.05. The predicted octanol–water partition coefficient (Wildman–Crippen LogP) is 5.70. The largest absolute Gasteiger partial charge is 0.368 e. The van der Waals surface area contributed by atoms with Gasteiger partial charge in [0.05, 0.1) is 10.0 Å². The van der Waals surface area contributed by atoms with Crippen LogP contribution in [0.4, 0.5) is 11.6 Å². The van der Waals surface area contributed by atoms with Gasteiger partial charge in [0.2, 0.25) is 11.9 Å². The van der Waals surface area contributed by atoms with Crippen molar-refractivity contribution in [1.29, 1.82) is 0 Å². The van der Waals surface area contributed by atoms with Crippen LogP contribution in [0.2, 0.25) is 15.1 Å². The van der Waals surface area contributed by atoms with Gasteiger partial charge in [0.1, 0.15) is 6.04 Å². The Hall–Kier alpha value is -1.93. The van der Waals surface area contributed by atoms with Crippen molar-refractivity contribution >= 4 is 64.1 Å². The first-order valence-corrected chi connectivity index (χ1v) is 10.8. The van der Waals surface area contributed by atoms with E-state index in [-0.39, 0.29) is 11.9 Å². The second kappa shape index (κ2) is 9.71. The molecule has 0 saturated heterocycles. The number of nitrogen functional groups attached to an aromatic ring is 1. The van der Waals surface area contributed by atoms with Gasteiger partial charge in [-0.05, 0) is 36.2 Å². The zero-order valence-corrected chi connectivity index (χ0v) is 18.5. The number of carbonyl (C=O) groups is 1. The third-order valence-corrected chi connectivity index (χ3v) is 6.29. The van der Waals surface area contributed by atoms with Crippen molar-refractivity contribution in [2.45, 2.75) is 30.3 Å². The van der Waals surface area contributed by atoms with Gasteiger partial charge in [0, 0.05) is 16.5 Å². The highest BCUT2D eigenvalue weighted by Crippen LogP contribution is 2.31. The summed E-state index contributed by atoms with van der Waals surface area (Å²) in [6.45, 7) is 1.89. The molecule has 1 aromatic heterocycles. The number of benzene rings is 2. The van der Waals surface area contributed by atoms with E-state index >= 15 is 0 Å². The van der Waals surface area contributed by atoms with Crippen LogP contribution in [0.3, 0.4) is 0 Å². The van der Waals surface area contributed by atoms with Gasteiger partial charge in [-0.3, -0.25) is 9.36 Å². The van der Waals surface area contributed by atoms with Crippen molar-refractivity contribution in [3.8, 4) is 0 Å². The van der Waals surface area contributed by atoms with Crippen molar-refractivity contribution in [2.24, 2.45) is 0 Å². The van der Waals surface area contributed by atoms with Crippen LogP contribution in [0, 0.1) is 0 Å². The average molecular weight is 471 g/mol. The van der Waals surface area contributed by atoms with E-state index in [9.17, 15) is 4.79 Å². The molecule has 6 nitrogen and oxygen atoms in total. The van der Waals surface area contributed by atoms with Gasteiger partial charge in [-0.2, -0.15) is 0 Å². The lowest BCUT2D eigenvalue weighted by atomic mass is 10.2. The number of nitrogens with zero attached hydrogens (tertiary/aromatic N) is 3. The first-order chi connectivity index (χ1) is 13.9. The van der Waals surface area contributed by atoms with Crippen LogP contribution in [0.1, 0.15) is 24.9 Å². The molecule has 3 aromatic rings. The Kier molecular flexibility index (Phi) is 7.29. The molecule has 1 heterocycles. The summed E-state index contributed by atoms with van der Waals surface area (Å²) < 4.78 is 1.63. The van der Waals surface area contributed by atoms with Crippen LogP contribution in [0.25, 0.3) is 0 Å². The second-order valence-electron chi connectivity index (χ2n) is 6.13. The summed E-state index contributed by atoms with van der Waals surface area (Å²) in [6, 6.07) is 11.9. The highest BCUT2D eigenvalue weighted by atomic mass is 35.5. The van der Waals surface area contributed by atoms with Gasteiger partial charge in [-0.25, -0.2) is 0 Å². The number of aromatic nitrogens is 3. The molecule has 0 fully saturated rings. The van der Waals surface area contributed by atoms with Crippen LogP contribution < -0.4 is 11.1 Å². The Morgan fingerprint density at radius 3 is 2.59 bits per heavy atom. The van der Waals surface area contributed by atoms with Gasteiger partial charge in [0.25, 0.3) is 0 Å². The SMILES string of the molecule is CCC(C(=O)Nc1ccc(Cl)c(Cl)c1)n1c(N)nnc1SCc1ccccc1Cl. The van der Waals surface area contributed by atoms with Gasteiger partial charge in [-0.1, -0.05) is 71.7 Å². The van der Waals surface area contributed by atoms with Gasteiger partial charge >= 0.3 is 0 Å². The number of halogens is 3. The molecule has 0 aliphatic rings. The summed E-state index contributed by atoms with van der Waals surface area (Å²) in [4.78, 5) is 12.9. The van der Waals surface area contributed by atoms with Gasteiger partial charge in [-0.15, -0.1) is 10.2 Å². The Morgan fingerprint density at radius 1 is 1.14 bits per heavy atom. The van der Waals surface area contributed by atoms with Crippen molar-refractivity contribution in [3.63, 3.8) is 0 Å². The summed E-state index contributed by atoms with van der Waals surface area (Å²) in [5.74, 6) is 0.489. The molecule has 29 heavy (non-hydrogen) atoms. The molecule has 0 aliphatic heterocycles. The third-order valence-electron chi connectivity index (χ3n) is 4.19. The fraction of sp³-hybridized carbons (Fsp3) is 0.211. The number of nitrogens with two attached hydrogens (primary N) is 1. The Bertz CT molecular complexity index is 1030. The first kappa shape index (κ1) is 21.8. The minimum absolute atomic E-state index is 0.169. The molecule has 1 atom stereocenters. The molecule has 3 N–H and O–H groups in total. The number of anilines is 2. The van der Waals surface area contributed by atoms with Gasteiger partial charge in [0.15, 0.2) is 5.16 Å². The molecular formula is C19H18Cl3N5OS. The van der Waals surface area contributed by atoms with E-state index in [0.717, 1.165) is 5.56 Å². The zero-order chi connectivity index (χ0) is 21.0. The number of nitrogens with one attached hydrogen (secondary N) is 1. The maximum absolute atomic E-state index is 12.9. The molecule has 10 heteroatoms. The third kappa shape index (κ3) is 5.17. The monoisotopic (exact) mass is 469 g/mol. The first-order valence-electron chi connectivity index (χ1n) is 8.73. The van der Waals surface area contributed by atoms with Crippen molar-refractivity contribution in [2.75, 3.05) is 11.1 Å². The van der Waals surface area contributed by atoms with E-state index in [1.54, 1.807) is 22.8 Å². The maximum Gasteiger partial charge on any atom is 0.247 e. The maximum atomic E-state index is 12.9. The smallest absolute Gasteiger partial charge is 0.247 e. The minimum atomic E-state index is -0.590. The standard InChI is InChI=1S/C19H18Cl3N5OS/c1-2-16(17(28)24-12-7-8-14(21)15(22)9-12)27-18(23)25-26-19(27)29-10-11-5-3-4-6-13(11)20/h3-9,16H,2,10H2,1H3,(H2,23,25)(H,24,28). The van der Waals surface area contributed by atoms with Crippen LogP contribution in [-0.4, -0.2) is 20.7 Å². The quantitative estimate of drug-likeness (QED) is 0.432. The van der Waals surface area contributed by atoms with Crippen molar-refractivity contribution in [1.82, 2.24) is 14.8 Å². The fourth-order valence-electron chi connectivity index (χ4n) is 2.72. The number of thioether (sulfide) groups is 1. The van der Waals surface area contributed by atoms with E-state index in [1.165, 1.54) is 11.8 Å². The lowest BCUT2D eigenvalue weighted by molar-refractivity contribution is -0.119. The number of hydrogen-bond acceptors (Lipinski definition) is 5. The van der Waals surface area contributed by atoms with Crippen LogP contribution >= 0.6 is 46.6 Å². The number of carbonyl (C=O) groups excluding carboxylic acids is 1. The zero-order valence-electron chi connectivity index (χ0n) is 15.4. The van der Waals surface area contributed by atoms with Crippen molar-refractivity contribution in [3.05, 3.63) is 63.1 Å². The molecule has 152 valence electrons. The Labute approximate surface area is 187 Å². The number of hydrogen-bond donors (Lipinski definition) is 2. The van der Waals surface area contributed by atoms with Gasteiger partial charge < -0.3 is 11.1 Å². The molecule has 0 aliphatic carbocycles. The summed E-state index contributed by atoms with van der Waals surface area (Å²) >= 11 is 19.6. The summed E-state index contributed by atoms with van der Waals surface area (Å²) in [5.41, 5.74) is 7.52. The normalized spacial score (nSPS) is 12.0. The molecule has 0 spiro atoms. The molecule has 2 aromatic carbocycles. The number of rotatable bonds is 7. The fourth-order valence-corrected chi connectivity index (χ4v) is 4.30. The van der Waals surface area contributed by atoms with E-state index in [0.29, 0.717) is 38.1 Å². The summed E-state index contributed by atoms with van der Waals surface area (Å²) in [5, 5.41) is 12.9. The molecule has 1 unspecified atom stereocenters. The predicted molar refractivity (Wildman–Crippen MR) is 120 cm³/mol. The number of amides is 1. The van der Waals surface area contributed by atoms with Crippen molar-refractivity contribution < 1.29 is 4.79 Å². The molecule has 1 amide bonds. The summed E-state index contributed by atoms with van der Waals surface area (Å²) in [7, 11) is 0. The van der Waals surface area contributed by atoms with Crippen LogP contribution in [-0.2, 0) is 10.5 Å².